The van der Waals surface area contributed by atoms with E-state index in [4.69, 9.17) is 0 Å². The first kappa shape index (κ1) is 18.4. The normalized spacial score (nSPS) is 16.1. The Labute approximate surface area is 159 Å². The van der Waals surface area contributed by atoms with Crippen molar-refractivity contribution in [1.29, 1.82) is 0 Å². The Bertz CT molecular complexity index is 800. The summed E-state index contributed by atoms with van der Waals surface area (Å²) in [5.41, 5.74) is 3.30. The molecule has 1 atom stereocenters. The molecule has 1 N–H and O–H groups in total. The summed E-state index contributed by atoms with van der Waals surface area (Å²) in [7, 11) is 0. The molecule has 0 amide bonds. The summed E-state index contributed by atoms with van der Waals surface area (Å²) in [5, 5.41) is 6.97. The predicted molar refractivity (Wildman–Crippen MR) is 106 cm³/mol. The van der Waals surface area contributed by atoms with Crippen LogP contribution in [0.4, 0.5) is 5.82 Å². The van der Waals surface area contributed by atoms with Crippen molar-refractivity contribution in [2.45, 2.75) is 13.0 Å². The van der Waals surface area contributed by atoms with Crippen LogP contribution in [0.25, 0.3) is 11.3 Å². The number of hydrogen-bond donors (Lipinski definition) is 1. The van der Waals surface area contributed by atoms with Gasteiger partial charge in [-0.25, -0.2) is 4.98 Å². The Morgan fingerprint density at radius 1 is 1.00 bits per heavy atom. The Hall–Kier alpha value is -2.44. The van der Waals surface area contributed by atoms with Gasteiger partial charge in [0.1, 0.15) is 5.69 Å². The molecule has 0 spiro atoms. The van der Waals surface area contributed by atoms with E-state index < -0.39 is 0 Å². The minimum atomic E-state index is 0. The van der Waals surface area contributed by atoms with Gasteiger partial charge >= 0.3 is 0 Å². The van der Waals surface area contributed by atoms with E-state index in [1.165, 1.54) is 5.56 Å². The largest absolute Gasteiger partial charge is 0.352 e. The fraction of sp³-hybridized carbons (Fsp3) is 0.316. The number of halogens is 1. The van der Waals surface area contributed by atoms with Crippen LogP contribution in [0.1, 0.15) is 18.5 Å². The second-order valence-electron chi connectivity index (χ2n) is 6.33. The van der Waals surface area contributed by atoms with Crippen LogP contribution in [0.3, 0.4) is 0 Å². The number of hydrogen-bond acceptors (Lipinski definition) is 5. The van der Waals surface area contributed by atoms with Gasteiger partial charge in [0.25, 0.3) is 0 Å². The molecule has 6 nitrogen and oxygen atoms in total. The summed E-state index contributed by atoms with van der Waals surface area (Å²) in [6.07, 6.45) is 7.44. The fourth-order valence-corrected chi connectivity index (χ4v) is 3.38. The number of H-pyrrole nitrogens is 1. The number of benzene rings is 1. The van der Waals surface area contributed by atoms with Crippen LogP contribution in [0.15, 0.2) is 55.1 Å². The van der Waals surface area contributed by atoms with Crippen molar-refractivity contribution >= 4 is 18.2 Å². The molecule has 3 aromatic rings. The fourth-order valence-electron chi connectivity index (χ4n) is 3.38. The van der Waals surface area contributed by atoms with Crippen molar-refractivity contribution in [2.24, 2.45) is 0 Å². The van der Waals surface area contributed by atoms with Crippen molar-refractivity contribution in [3.05, 3.63) is 60.7 Å². The Morgan fingerprint density at radius 3 is 2.42 bits per heavy atom. The van der Waals surface area contributed by atoms with Crippen LogP contribution in [0.2, 0.25) is 0 Å². The van der Waals surface area contributed by atoms with Gasteiger partial charge in [-0.05, 0) is 6.92 Å². The van der Waals surface area contributed by atoms with Crippen molar-refractivity contribution in [3.63, 3.8) is 0 Å². The summed E-state index contributed by atoms with van der Waals surface area (Å²) in [5.74, 6) is 0.976. The summed E-state index contributed by atoms with van der Waals surface area (Å²) >= 11 is 0. The van der Waals surface area contributed by atoms with E-state index in [1.807, 2.05) is 30.6 Å². The first-order valence-corrected chi connectivity index (χ1v) is 8.67. The number of rotatable bonds is 4. The van der Waals surface area contributed by atoms with Gasteiger partial charge in [0, 0.05) is 61.9 Å². The van der Waals surface area contributed by atoms with E-state index in [2.05, 4.69) is 49.0 Å². The number of aromatic amines is 1. The molecule has 26 heavy (non-hydrogen) atoms. The molecule has 1 saturated heterocycles. The average Bonchev–Trinajstić information content (AvgIpc) is 3.23. The van der Waals surface area contributed by atoms with Crippen LogP contribution in [0, 0.1) is 0 Å². The highest BCUT2D eigenvalue weighted by Crippen LogP contribution is 2.28. The van der Waals surface area contributed by atoms with Crippen molar-refractivity contribution in [2.75, 3.05) is 31.1 Å². The standard InChI is InChI=1S/C19H22N6.ClH/c1-15(17-13-22-23-14-17)24-9-11-25(12-10-24)19-18(20-7-8-21-19)16-5-3-2-4-6-16;/h2-8,13-15H,9-12H2,1H3,(H,22,23);1H. The Kier molecular flexibility index (Phi) is 5.85. The third-order valence-electron chi connectivity index (χ3n) is 4.89. The lowest BCUT2D eigenvalue weighted by atomic mass is 10.1. The second kappa shape index (κ2) is 8.29. The van der Waals surface area contributed by atoms with Crippen LogP contribution in [-0.4, -0.2) is 51.2 Å². The monoisotopic (exact) mass is 370 g/mol. The molecule has 1 aliphatic rings. The number of anilines is 1. The van der Waals surface area contributed by atoms with Gasteiger partial charge in [-0.2, -0.15) is 5.10 Å². The average molecular weight is 371 g/mol. The molecule has 1 fully saturated rings. The van der Waals surface area contributed by atoms with E-state index >= 15 is 0 Å². The van der Waals surface area contributed by atoms with Gasteiger partial charge in [0.15, 0.2) is 5.82 Å². The highest BCUT2D eigenvalue weighted by molar-refractivity contribution is 5.85. The molecule has 3 heterocycles. The summed E-state index contributed by atoms with van der Waals surface area (Å²) in [4.78, 5) is 14.0. The minimum absolute atomic E-state index is 0. The maximum Gasteiger partial charge on any atom is 0.155 e. The molecule has 0 aliphatic carbocycles. The van der Waals surface area contributed by atoms with Crippen molar-refractivity contribution in [3.8, 4) is 11.3 Å². The number of nitrogens with zero attached hydrogens (tertiary/aromatic N) is 5. The van der Waals surface area contributed by atoms with Crippen molar-refractivity contribution in [1.82, 2.24) is 25.1 Å². The second-order valence-corrected chi connectivity index (χ2v) is 6.33. The SMILES string of the molecule is CC(c1cn[nH]c1)N1CCN(c2nccnc2-c2ccccc2)CC1.Cl. The zero-order chi connectivity index (χ0) is 17.1. The lowest BCUT2D eigenvalue weighted by Crippen LogP contribution is -2.47. The number of piperazine rings is 1. The smallest absolute Gasteiger partial charge is 0.155 e. The summed E-state index contributed by atoms with van der Waals surface area (Å²) in [6, 6.07) is 10.7. The van der Waals surface area contributed by atoms with E-state index in [1.54, 1.807) is 12.4 Å². The minimum Gasteiger partial charge on any atom is -0.352 e. The molecule has 1 aliphatic heterocycles. The van der Waals surface area contributed by atoms with Gasteiger partial charge < -0.3 is 4.90 Å². The quantitative estimate of drug-likeness (QED) is 0.764. The maximum atomic E-state index is 4.63. The van der Waals surface area contributed by atoms with E-state index in [0.29, 0.717) is 6.04 Å². The number of aromatic nitrogens is 4. The molecule has 7 heteroatoms. The van der Waals surface area contributed by atoms with E-state index in [0.717, 1.165) is 43.3 Å². The Morgan fingerprint density at radius 2 is 1.73 bits per heavy atom. The summed E-state index contributed by atoms with van der Waals surface area (Å²) < 4.78 is 0. The van der Waals surface area contributed by atoms with Crippen LogP contribution >= 0.6 is 12.4 Å². The van der Waals surface area contributed by atoms with E-state index in [9.17, 15) is 0 Å². The highest BCUT2D eigenvalue weighted by atomic mass is 35.5. The maximum absolute atomic E-state index is 4.63. The van der Waals surface area contributed by atoms with Gasteiger partial charge in [-0.3, -0.25) is 15.0 Å². The van der Waals surface area contributed by atoms with Crippen LogP contribution in [-0.2, 0) is 0 Å². The van der Waals surface area contributed by atoms with Crippen LogP contribution in [0.5, 0.6) is 0 Å². The molecule has 0 bridgehead atoms. The predicted octanol–water partition coefficient (Wildman–Crippen LogP) is 3.17. The zero-order valence-electron chi connectivity index (χ0n) is 14.7. The first-order chi connectivity index (χ1) is 12.3. The van der Waals surface area contributed by atoms with Gasteiger partial charge in [-0.1, -0.05) is 30.3 Å². The molecular formula is C19H23ClN6. The lowest BCUT2D eigenvalue weighted by Gasteiger charge is -2.38. The van der Waals surface area contributed by atoms with Gasteiger partial charge in [-0.15, -0.1) is 12.4 Å². The molecule has 4 rings (SSSR count). The highest BCUT2D eigenvalue weighted by Gasteiger charge is 2.25. The van der Waals surface area contributed by atoms with Crippen LogP contribution < -0.4 is 4.90 Å². The van der Waals surface area contributed by atoms with E-state index in [-0.39, 0.29) is 12.4 Å². The first-order valence-electron chi connectivity index (χ1n) is 8.67. The summed E-state index contributed by atoms with van der Waals surface area (Å²) in [6.45, 7) is 6.12. The third-order valence-corrected chi connectivity index (χ3v) is 4.89. The third kappa shape index (κ3) is 3.71. The zero-order valence-corrected chi connectivity index (χ0v) is 15.6. The van der Waals surface area contributed by atoms with Crippen molar-refractivity contribution < 1.29 is 0 Å². The molecule has 1 unspecified atom stereocenters. The Balaban J connectivity index is 0.00000196. The van der Waals surface area contributed by atoms with Gasteiger partial charge in [0.2, 0.25) is 0 Å². The molecule has 2 aromatic heterocycles. The molecule has 0 radical (unpaired) electrons. The molecule has 1 aromatic carbocycles. The topological polar surface area (TPSA) is 60.9 Å². The molecule has 136 valence electrons. The molecular weight excluding hydrogens is 348 g/mol. The molecule has 0 saturated carbocycles. The van der Waals surface area contributed by atoms with Gasteiger partial charge in [0.05, 0.1) is 6.20 Å². The number of nitrogens with one attached hydrogen (secondary N) is 1. The lowest BCUT2D eigenvalue weighted by molar-refractivity contribution is 0.198.